The van der Waals surface area contributed by atoms with Gasteiger partial charge in [0.05, 0.1) is 22.2 Å². The second-order valence-electron chi connectivity index (χ2n) is 6.30. The first-order valence-electron chi connectivity index (χ1n) is 8.15. The molecule has 0 aliphatic carbocycles. The van der Waals surface area contributed by atoms with Gasteiger partial charge < -0.3 is 10.4 Å². The zero-order valence-corrected chi connectivity index (χ0v) is 14.8. The Labute approximate surface area is 157 Å². The van der Waals surface area contributed by atoms with Crippen LogP contribution in [-0.2, 0) is 6.18 Å². The molecule has 1 atom stereocenters. The Morgan fingerprint density at radius 3 is 2.50 bits per heavy atom. The van der Waals surface area contributed by atoms with Gasteiger partial charge in [-0.25, -0.2) is 0 Å². The Morgan fingerprint density at radius 1 is 1.14 bits per heavy atom. The third-order valence-electron chi connectivity index (χ3n) is 4.28. The van der Waals surface area contributed by atoms with Crippen LogP contribution in [-0.4, -0.2) is 20.2 Å². The molecule has 7 nitrogen and oxygen atoms in total. The third-order valence-corrected chi connectivity index (χ3v) is 4.28. The lowest BCUT2D eigenvalue weighted by molar-refractivity contribution is -0.385. The van der Waals surface area contributed by atoms with Gasteiger partial charge in [-0.05, 0) is 43.7 Å². The maximum atomic E-state index is 13.1. The van der Waals surface area contributed by atoms with E-state index in [9.17, 15) is 28.4 Å². The average Bonchev–Trinajstić information content (AvgIpc) is 2.62. The van der Waals surface area contributed by atoms with Crippen LogP contribution < -0.4 is 5.32 Å². The molecule has 1 aromatic heterocycles. The number of phenolic OH excluding ortho intramolecular Hbond substituents is 1. The summed E-state index contributed by atoms with van der Waals surface area (Å²) < 4.78 is 39.3. The fraction of sp³-hybridized carbons (Fsp3) is 0.222. The summed E-state index contributed by atoms with van der Waals surface area (Å²) in [6.45, 7) is 3.28. The van der Waals surface area contributed by atoms with Crippen LogP contribution in [0.2, 0.25) is 0 Å². The number of nitrogens with zero attached hydrogens (tertiary/aromatic N) is 3. The summed E-state index contributed by atoms with van der Waals surface area (Å²) in [5.74, 6) is 0.231. The van der Waals surface area contributed by atoms with Gasteiger partial charge in [-0.3, -0.25) is 10.1 Å². The number of aromatic nitrogens is 2. The number of aromatic hydroxyl groups is 1. The maximum absolute atomic E-state index is 13.1. The van der Waals surface area contributed by atoms with Crippen molar-refractivity contribution in [2.75, 3.05) is 5.32 Å². The van der Waals surface area contributed by atoms with Gasteiger partial charge in [0.25, 0.3) is 5.69 Å². The molecule has 0 aliphatic rings. The molecule has 0 amide bonds. The van der Waals surface area contributed by atoms with Crippen LogP contribution in [0.25, 0.3) is 10.8 Å². The standard InChI is InChI=1S/C18H15F3N4O3/c1-9(11-5-12(18(19,20)21)7-13(6-11)25(27)28)22-17-16-8-14(26)3-4-15(16)10(2)23-24-17/h3-9,26H,1-2H3,(H,22,24). The molecule has 2 aromatic carbocycles. The average molecular weight is 392 g/mol. The Morgan fingerprint density at radius 2 is 1.86 bits per heavy atom. The molecule has 10 heteroatoms. The summed E-state index contributed by atoms with van der Waals surface area (Å²) in [6.07, 6.45) is -4.72. The molecule has 2 N–H and O–H groups in total. The fourth-order valence-electron chi connectivity index (χ4n) is 2.83. The minimum atomic E-state index is -4.72. The van der Waals surface area contributed by atoms with Crippen LogP contribution in [0.5, 0.6) is 5.75 Å². The number of anilines is 1. The number of rotatable bonds is 4. The van der Waals surface area contributed by atoms with Gasteiger partial charge in [0.15, 0.2) is 5.82 Å². The summed E-state index contributed by atoms with van der Waals surface area (Å²) in [7, 11) is 0. The van der Waals surface area contributed by atoms with Crippen LogP contribution >= 0.6 is 0 Å². The number of nitro benzene ring substituents is 1. The highest BCUT2D eigenvalue weighted by Crippen LogP contribution is 2.35. The van der Waals surface area contributed by atoms with Crippen molar-refractivity contribution in [3.8, 4) is 5.75 Å². The van der Waals surface area contributed by atoms with Gasteiger partial charge in [-0.1, -0.05) is 0 Å². The number of nitro groups is 1. The third kappa shape index (κ3) is 3.80. The molecule has 146 valence electrons. The molecule has 0 aliphatic heterocycles. The number of hydrogen-bond donors (Lipinski definition) is 2. The molecular weight excluding hydrogens is 377 g/mol. The number of non-ortho nitro benzene ring substituents is 1. The largest absolute Gasteiger partial charge is 0.508 e. The molecule has 3 rings (SSSR count). The van der Waals surface area contributed by atoms with Crippen molar-refractivity contribution in [1.29, 1.82) is 0 Å². The minimum Gasteiger partial charge on any atom is -0.508 e. The van der Waals surface area contributed by atoms with Crippen molar-refractivity contribution in [1.82, 2.24) is 10.2 Å². The summed E-state index contributed by atoms with van der Waals surface area (Å²) in [5, 5.41) is 33.0. The quantitative estimate of drug-likeness (QED) is 0.491. The van der Waals surface area contributed by atoms with E-state index in [0.29, 0.717) is 22.5 Å². The van der Waals surface area contributed by atoms with Gasteiger partial charge in [-0.2, -0.15) is 18.3 Å². The molecule has 0 bridgehead atoms. The molecule has 1 heterocycles. The van der Waals surface area contributed by atoms with Crippen molar-refractivity contribution in [3.63, 3.8) is 0 Å². The lowest BCUT2D eigenvalue weighted by Gasteiger charge is -2.18. The first-order valence-corrected chi connectivity index (χ1v) is 8.15. The Hall–Kier alpha value is -3.43. The highest BCUT2D eigenvalue weighted by atomic mass is 19.4. The van der Waals surface area contributed by atoms with Crippen molar-refractivity contribution >= 4 is 22.3 Å². The monoisotopic (exact) mass is 392 g/mol. The van der Waals surface area contributed by atoms with Crippen LogP contribution in [0.1, 0.15) is 29.8 Å². The van der Waals surface area contributed by atoms with Gasteiger partial charge in [0, 0.05) is 22.9 Å². The maximum Gasteiger partial charge on any atom is 0.416 e. The van der Waals surface area contributed by atoms with Crippen molar-refractivity contribution in [2.45, 2.75) is 26.1 Å². The van der Waals surface area contributed by atoms with Gasteiger partial charge in [-0.15, -0.1) is 5.10 Å². The van der Waals surface area contributed by atoms with E-state index in [1.54, 1.807) is 19.9 Å². The van der Waals surface area contributed by atoms with E-state index in [1.807, 2.05) is 0 Å². The summed E-state index contributed by atoms with van der Waals surface area (Å²) >= 11 is 0. The first kappa shape index (κ1) is 19.3. The van der Waals surface area contributed by atoms with Gasteiger partial charge in [0.2, 0.25) is 0 Å². The van der Waals surface area contributed by atoms with Gasteiger partial charge >= 0.3 is 6.18 Å². The number of alkyl halides is 3. The molecule has 0 fully saturated rings. The van der Waals surface area contributed by atoms with E-state index in [-0.39, 0.29) is 17.1 Å². The zero-order valence-electron chi connectivity index (χ0n) is 14.8. The molecular formula is C18H15F3N4O3. The van der Waals surface area contributed by atoms with Crippen LogP contribution in [0.4, 0.5) is 24.7 Å². The number of fused-ring (bicyclic) bond motifs is 1. The number of phenols is 1. The Bertz CT molecular complexity index is 1070. The summed E-state index contributed by atoms with van der Waals surface area (Å²) in [5.41, 5.74) is -1.08. The van der Waals surface area contributed by atoms with E-state index >= 15 is 0 Å². The van der Waals surface area contributed by atoms with Crippen LogP contribution in [0.3, 0.4) is 0 Å². The highest BCUT2D eigenvalue weighted by molar-refractivity contribution is 5.94. The minimum absolute atomic E-state index is 0.00897. The topological polar surface area (TPSA) is 101 Å². The first-order chi connectivity index (χ1) is 13.1. The predicted molar refractivity (Wildman–Crippen MR) is 96.1 cm³/mol. The predicted octanol–water partition coefficient (Wildman–Crippen LogP) is 4.74. The summed E-state index contributed by atoms with van der Waals surface area (Å²) in [6, 6.07) is 6.28. The lowest BCUT2D eigenvalue weighted by atomic mass is 10.0. The number of hydrogen-bond acceptors (Lipinski definition) is 6. The normalized spacial score (nSPS) is 12.8. The Balaban J connectivity index is 2.04. The smallest absolute Gasteiger partial charge is 0.416 e. The highest BCUT2D eigenvalue weighted by Gasteiger charge is 2.33. The van der Waals surface area contributed by atoms with Crippen molar-refractivity contribution < 1.29 is 23.2 Å². The fourth-order valence-corrected chi connectivity index (χ4v) is 2.83. The molecule has 0 spiro atoms. The van der Waals surface area contributed by atoms with E-state index in [1.165, 1.54) is 12.1 Å². The molecule has 0 saturated heterocycles. The van der Waals surface area contributed by atoms with E-state index in [4.69, 9.17) is 0 Å². The SMILES string of the molecule is Cc1nnc(NC(C)c2cc([N+](=O)[O-])cc(C(F)(F)F)c2)c2cc(O)ccc12. The molecule has 0 radical (unpaired) electrons. The Kier molecular flexibility index (Phi) is 4.80. The number of benzene rings is 2. The molecule has 3 aromatic rings. The number of nitrogens with one attached hydrogen (secondary N) is 1. The second kappa shape index (κ2) is 6.95. The van der Waals surface area contributed by atoms with Crippen molar-refractivity contribution in [3.05, 3.63) is 63.3 Å². The molecule has 0 saturated carbocycles. The molecule has 1 unspecified atom stereocenters. The zero-order chi connectivity index (χ0) is 20.6. The summed E-state index contributed by atoms with van der Waals surface area (Å²) in [4.78, 5) is 10.2. The van der Waals surface area contributed by atoms with E-state index < -0.39 is 28.4 Å². The van der Waals surface area contributed by atoms with Crippen LogP contribution in [0, 0.1) is 17.0 Å². The van der Waals surface area contributed by atoms with Crippen LogP contribution in [0.15, 0.2) is 36.4 Å². The van der Waals surface area contributed by atoms with Gasteiger partial charge in [0.1, 0.15) is 5.75 Å². The second-order valence-corrected chi connectivity index (χ2v) is 6.30. The van der Waals surface area contributed by atoms with E-state index in [2.05, 4.69) is 15.5 Å². The molecule has 28 heavy (non-hydrogen) atoms. The number of aryl methyl sites for hydroxylation is 1. The van der Waals surface area contributed by atoms with E-state index in [0.717, 1.165) is 12.1 Å². The number of halogens is 3. The lowest BCUT2D eigenvalue weighted by Crippen LogP contribution is -2.12. The van der Waals surface area contributed by atoms with Crippen molar-refractivity contribution in [2.24, 2.45) is 0 Å².